The molecule has 0 atom stereocenters. The average Bonchev–Trinajstić information content (AvgIpc) is 3.27. The number of aromatic nitrogens is 4. The summed E-state index contributed by atoms with van der Waals surface area (Å²) in [4.78, 5) is 19.6. The third-order valence-corrected chi connectivity index (χ3v) is 3.83. The Balaban J connectivity index is 1.53. The van der Waals surface area contributed by atoms with Crippen LogP contribution in [-0.2, 0) is 6.54 Å². The van der Waals surface area contributed by atoms with Crippen LogP contribution in [0.4, 0.5) is 0 Å². The second-order valence-corrected chi connectivity index (χ2v) is 5.44. The summed E-state index contributed by atoms with van der Waals surface area (Å²) in [6.07, 6.45) is 3.40. The highest BCUT2D eigenvalue weighted by Gasteiger charge is 2.13. The maximum atomic E-state index is 12.3. The zero-order chi connectivity index (χ0) is 16.4. The average molecular weight is 317 g/mol. The monoisotopic (exact) mass is 317 g/mol. The van der Waals surface area contributed by atoms with E-state index in [1.165, 1.54) is 0 Å². The smallest absolute Gasteiger partial charge is 0.253 e. The highest BCUT2D eigenvalue weighted by molar-refractivity contribution is 5.97. The van der Waals surface area contributed by atoms with Gasteiger partial charge < -0.3 is 10.3 Å². The largest absolute Gasteiger partial charge is 0.359 e. The molecule has 24 heavy (non-hydrogen) atoms. The predicted octanol–water partition coefficient (Wildman–Crippen LogP) is 2.88. The number of nitrogens with one attached hydrogen (secondary N) is 3. The first-order valence-corrected chi connectivity index (χ1v) is 7.61. The lowest BCUT2D eigenvalue weighted by atomic mass is 10.2. The predicted molar refractivity (Wildman–Crippen MR) is 91.3 cm³/mol. The lowest BCUT2D eigenvalue weighted by Crippen LogP contribution is -2.22. The van der Waals surface area contributed by atoms with E-state index in [0.29, 0.717) is 12.1 Å². The van der Waals surface area contributed by atoms with Gasteiger partial charge in [0, 0.05) is 24.3 Å². The van der Waals surface area contributed by atoms with Crippen LogP contribution in [0.2, 0.25) is 0 Å². The minimum absolute atomic E-state index is 0.126. The van der Waals surface area contributed by atoms with Crippen molar-refractivity contribution < 1.29 is 4.79 Å². The molecule has 4 rings (SSSR count). The van der Waals surface area contributed by atoms with E-state index in [1.54, 1.807) is 18.5 Å². The van der Waals surface area contributed by atoms with Crippen molar-refractivity contribution in [3.8, 4) is 11.4 Å². The van der Waals surface area contributed by atoms with Crippen molar-refractivity contribution in [2.45, 2.75) is 6.54 Å². The highest BCUT2D eigenvalue weighted by atomic mass is 16.1. The number of hydrogen-bond acceptors (Lipinski definition) is 3. The molecule has 0 spiro atoms. The molecule has 0 saturated carbocycles. The number of amides is 1. The third kappa shape index (κ3) is 2.65. The van der Waals surface area contributed by atoms with Crippen molar-refractivity contribution >= 4 is 16.9 Å². The molecule has 6 nitrogen and oxygen atoms in total. The summed E-state index contributed by atoms with van der Waals surface area (Å²) in [5.74, 6) is -0.126. The summed E-state index contributed by atoms with van der Waals surface area (Å²) in [5.41, 5.74) is 3.88. The molecule has 3 heterocycles. The number of carbonyl (C=O) groups excluding carboxylic acids is 1. The van der Waals surface area contributed by atoms with Gasteiger partial charge >= 0.3 is 0 Å². The van der Waals surface area contributed by atoms with Crippen LogP contribution >= 0.6 is 0 Å². The van der Waals surface area contributed by atoms with Crippen molar-refractivity contribution in [2.24, 2.45) is 0 Å². The van der Waals surface area contributed by atoms with Gasteiger partial charge in [0.05, 0.1) is 11.3 Å². The normalized spacial score (nSPS) is 10.8. The number of fused-ring (bicyclic) bond motifs is 1. The van der Waals surface area contributed by atoms with E-state index >= 15 is 0 Å². The highest BCUT2D eigenvalue weighted by Crippen LogP contribution is 2.24. The van der Waals surface area contributed by atoms with Crippen LogP contribution < -0.4 is 5.32 Å². The first-order chi connectivity index (χ1) is 11.8. The lowest BCUT2D eigenvalue weighted by molar-refractivity contribution is 0.0951. The molecular weight excluding hydrogens is 302 g/mol. The Morgan fingerprint density at radius 2 is 2.00 bits per heavy atom. The van der Waals surface area contributed by atoms with Crippen molar-refractivity contribution in [3.05, 3.63) is 72.1 Å². The number of H-pyrrole nitrogens is 2. The summed E-state index contributed by atoms with van der Waals surface area (Å²) in [7, 11) is 0. The van der Waals surface area contributed by atoms with E-state index in [2.05, 4.69) is 25.5 Å². The number of benzene rings is 1. The number of nitrogens with zero attached hydrogens (tertiary/aromatic N) is 2. The summed E-state index contributed by atoms with van der Waals surface area (Å²) < 4.78 is 0. The maximum absolute atomic E-state index is 12.3. The Morgan fingerprint density at radius 1 is 1.12 bits per heavy atom. The number of rotatable bonds is 4. The van der Waals surface area contributed by atoms with E-state index in [1.807, 2.05) is 42.5 Å². The summed E-state index contributed by atoms with van der Waals surface area (Å²) in [6.45, 7) is 0.495. The van der Waals surface area contributed by atoms with Gasteiger partial charge in [-0.3, -0.25) is 9.89 Å². The van der Waals surface area contributed by atoms with Crippen LogP contribution in [0.25, 0.3) is 22.4 Å². The SMILES string of the molecule is O=C(NCc1ccccc1)c1c[nH]c(-c2n[nH]c3ncccc23)c1. The molecule has 0 aliphatic heterocycles. The summed E-state index contributed by atoms with van der Waals surface area (Å²) in [5, 5.41) is 11.0. The van der Waals surface area contributed by atoms with Crippen LogP contribution in [0.3, 0.4) is 0 Å². The third-order valence-electron chi connectivity index (χ3n) is 3.83. The quantitative estimate of drug-likeness (QED) is 0.541. The Morgan fingerprint density at radius 3 is 2.88 bits per heavy atom. The molecule has 1 amide bonds. The van der Waals surface area contributed by atoms with Crippen molar-refractivity contribution in [1.29, 1.82) is 0 Å². The molecule has 0 aliphatic carbocycles. The Kier molecular flexibility index (Phi) is 3.55. The van der Waals surface area contributed by atoms with E-state index in [4.69, 9.17) is 0 Å². The van der Waals surface area contributed by atoms with Gasteiger partial charge in [0.2, 0.25) is 0 Å². The first-order valence-electron chi connectivity index (χ1n) is 7.61. The molecule has 1 aromatic carbocycles. The van der Waals surface area contributed by atoms with Crippen LogP contribution in [0.15, 0.2) is 60.9 Å². The van der Waals surface area contributed by atoms with Crippen molar-refractivity contribution in [3.63, 3.8) is 0 Å². The van der Waals surface area contributed by atoms with Gasteiger partial charge in [0.15, 0.2) is 5.65 Å². The van der Waals surface area contributed by atoms with Crippen LogP contribution in [0.1, 0.15) is 15.9 Å². The van der Waals surface area contributed by atoms with E-state index in [0.717, 1.165) is 28.0 Å². The van der Waals surface area contributed by atoms with E-state index in [9.17, 15) is 4.79 Å². The standard InChI is InChI=1S/C18H15N5O/c24-18(21-10-12-5-2-1-3-6-12)13-9-15(20-11-13)16-14-7-4-8-19-17(14)23-22-16/h1-9,11,20H,10H2,(H,21,24)(H,19,22,23). The summed E-state index contributed by atoms with van der Waals surface area (Å²) >= 11 is 0. The van der Waals surface area contributed by atoms with Crippen LogP contribution in [0.5, 0.6) is 0 Å². The minimum atomic E-state index is -0.126. The fraction of sp³-hybridized carbons (Fsp3) is 0.0556. The Bertz CT molecular complexity index is 987. The number of aromatic amines is 2. The topological polar surface area (TPSA) is 86.5 Å². The van der Waals surface area contributed by atoms with Gasteiger partial charge in [-0.15, -0.1) is 0 Å². The van der Waals surface area contributed by atoms with Gasteiger partial charge in [-0.1, -0.05) is 30.3 Å². The fourth-order valence-electron chi connectivity index (χ4n) is 2.60. The van der Waals surface area contributed by atoms with Crippen LogP contribution in [-0.4, -0.2) is 26.1 Å². The molecule has 0 aliphatic rings. The number of hydrogen-bond donors (Lipinski definition) is 3. The second kappa shape index (κ2) is 6.00. The summed E-state index contributed by atoms with van der Waals surface area (Å²) in [6, 6.07) is 15.4. The van der Waals surface area contributed by atoms with Crippen molar-refractivity contribution in [2.75, 3.05) is 0 Å². The molecular formula is C18H15N5O. The zero-order valence-corrected chi connectivity index (χ0v) is 12.8. The van der Waals surface area contributed by atoms with Gasteiger partial charge in [0.1, 0.15) is 5.69 Å². The minimum Gasteiger partial charge on any atom is -0.359 e. The molecule has 0 saturated heterocycles. The number of carbonyl (C=O) groups is 1. The Hall–Kier alpha value is -3.41. The van der Waals surface area contributed by atoms with Gasteiger partial charge in [0.25, 0.3) is 5.91 Å². The first kappa shape index (κ1) is 14.2. The van der Waals surface area contributed by atoms with E-state index in [-0.39, 0.29) is 5.91 Å². The van der Waals surface area contributed by atoms with Gasteiger partial charge in [-0.25, -0.2) is 4.98 Å². The van der Waals surface area contributed by atoms with Gasteiger partial charge in [-0.2, -0.15) is 5.10 Å². The van der Waals surface area contributed by atoms with Crippen LogP contribution in [0, 0.1) is 0 Å². The molecule has 4 aromatic rings. The molecule has 118 valence electrons. The zero-order valence-electron chi connectivity index (χ0n) is 12.8. The molecule has 3 aromatic heterocycles. The lowest BCUT2D eigenvalue weighted by Gasteiger charge is -2.03. The molecule has 0 fully saturated rings. The Labute approximate surface area is 137 Å². The maximum Gasteiger partial charge on any atom is 0.253 e. The van der Waals surface area contributed by atoms with Crippen molar-refractivity contribution in [1.82, 2.24) is 25.5 Å². The molecule has 6 heteroatoms. The molecule has 0 unspecified atom stereocenters. The second-order valence-electron chi connectivity index (χ2n) is 5.44. The fourth-order valence-corrected chi connectivity index (χ4v) is 2.60. The molecule has 0 radical (unpaired) electrons. The number of pyridine rings is 1. The van der Waals surface area contributed by atoms with E-state index < -0.39 is 0 Å². The molecule has 3 N–H and O–H groups in total. The van der Waals surface area contributed by atoms with Gasteiger partial charge in [-0.05, 0) is 23.8 Å². The molecule has 0 bridgehead atoms.